The predicted molar refractivity (Wildman–Crippen MR) is 83.2 cm³/mol. The second-order valence-corrected chi connectivity index (χ2v) is 8.02. The molecule has 0 amide bonds. The zero-order valence-corrected chi connectivity index (χ0v) is 13.6. The molecule has 118 valence electrons. The monoisotopic (exact) mass is 339 g/mol. The van der Waals surface area contributed by atoms with Crippen molar-refractivity contribution in [3.8, 4) is 0 Å². The number of nitrogens with zero attached hydrogens (tertiary/aromatic N) is 2. The Morgan fingerprint density at radius 1 is 1.41 bits per heavy atom. The number of aromatic nitrogens is 2. The van der Waals surface area contributed by atoms with Gasteiger partial charge in [-0.3, -0.25) is 0 Å². The van der Waals surface area contributed by atoms with Crippen LogP contribution in [0.2, 0.25) is 0 Å². The summed E-state index contributed by atoms with van der Waals surface area (Å²) in [6, 6.07) is 5.02. The van der Waals surface area contributed by atoms with Crippen molar-refractivity contribution in [2.45, 2.75) is 29.5 Å². The van der Waals surface area contributed by atoms with E-state index in [4.69, 9.17) is 4.74 Å². The zero-order chi connectivity index (χ0) is 15.4. The summed E-state index contributed by atoms with van der Waals surface area (Å²) in [7, 11) is -3.47. The van der Waals surface area contributed by atoms with Crippen molar-refractivity contribution in [1.82, 2.24) is 14.7 Å². The summed E-state index contributed by atoms with van der Waals surface area (Å²) in [5.74, 6) is 0.926. The molecule has 1 unspecified atom stereocenters. The SMILES string of the molecule is O=S(=O)(NCc1ccnc(C2CCCOC2)n1)c1cccs1. The normalized spacial score (nSPS) is 19.2. The minimum absolute atomic E-state index is 0.156. The van der Waals surface area contributed by atoms with Gasteiger partial charge < -0.3 is 4.74 Å². The zero-order valence-electron chi connectivity index (χ0n) is 11.9. The van der Waals surface area contributed by atoms with E-state index in [-0.39, 0.29) is 12.5 Å². The highest BCUT2D eigenvalue weighted by molar-refractivity contribution is 7.91. The summed E-state index contributed by atoms with van der Waals surface area (Å²) in [4.78, 5) is 8.76. The van der Waals surface area contributed by atoms with Gasteiger partial charge in [-0.1, -0.05) is 6.07 Å². The molecule has 6 nitrogen and oxygen atoms in total. The molecule has 2 aromatic heterocycles. The summed E-state index contributed by atoms with van der Waals surface area (Å²) >= 11 is 1.19. The van der Waals surface area contributed by atoms with Crippen LogP contribution in [0.5, 0.6) is 0 Å². The Morgan fingerprint density at radius 2 is 2.32 bits per heavy atom. The van der Waals surface area contributed by atoms with Gasteiger partial charge in [0.15, 0.2) is 0 Å². The maximum absolute atomic E-state index is 12.1. The Morgan fingerprint density at radius 3 is 3.05 bits per heavy atom. The van der Waals surface area contributed by atoms with Crippen molar-refractivity contribution in [1.29, 1.82) is 0 Å². The highest BCUT2D eigenvalue weighted by Gasteiger charge is 2.19. The van der Waals surface area contributed by atoms with Crippen LogP contribution < -0.4 is 4.72 Å². The lowest BCUT2D eigenvalue weighted by Crippen LogP contribution is -2.24. The fourth-order valence-electron chi connectivity index (χ4n) is 2.31. The van der Waals surface area contributed by atoms with E-state index in [1.165, 1.54) is 11.3 Å². The molecule has 22 heavy (non-hydrogen) atoms. The highest BCUT2D eigenvalue weighted by Crippen LogP contribution is 2.22. The van der Waals surface area contributed by atoms with Crippen molar-refractivity contribution in [2.75, 3.05) is 13.2 Å². The number of nitrogens with one attached hydrogen (secondary N) is 1. The minimum atomic E-state index is -3.47. The van der Waals surface area contributed by atoms with Gasteiger partial charge in [0, 0.05) is 18.7 Å². The van der Waals surface area contributed by atoms with E-state index < -0.39 is 10.0 Å². The fourth-order valence-corrected chi connectivity index (χ4v) is 4.35. The molecule has 1 saturated heterocycles. The molecule has 1 aliphatic rings. The minimum Gasteiger partial charge on any atom is -0.381 e. The van der Waals surface area contributed by atoms with E-state index in [9.17, 15) is 8.42 Å². The van der Waals surface area contributed by atoms with Gasteiger partial charge in [-0.05, 0) is 30.4 Å². The van der Waals surface area contributed by atoms with Gasteiger partial charge in [-0.2, -0.15) is 0 Å². The molecule has 3 heterocycles. The summed E-state index contributed by atoms with van der Waals surface area (Å²) in [5, 5.41) is 1.74. The van der Waals surface area contributed by atoms with Gasteiger partial charge in [-0.25, -0.2) is 23.1 Å². The molecule has 0 aromatic carbocycles. The Kier molecular flexibility index (Phi) is 4.82. The molecule has 0 bridgehead atoms. The molecule has 2 aromatic rings. The van der Waals surface area contributed by atoms with E-state index in [1.54, 1.807) is 29.8 Å². The maximum Gasteiger partial charge on any atom is 0.250 e. The number of ether oxygens (including phenoxy) is 1. The van der Waals surface area contributed by atoms with Crippen LogP contribution in [0.4, 0.5) is 0 Å². The number of sulfonamides is 1. The Balaban J connectivity index is 1.68. The molecule has 0 spiro atoms. The van der Waals surface area contributed by atoms with Crippen molar-refractivity contribution in [3.05, 3.63) is 41.3 Å². The average molecular weight is 339 g/mol. The molecule has 8 heteroatoms. The third kappa shape index (κ3) is 3.70. The van der Waals surface area contributed by atoms with Crippen LogP contribution >= 0.6 is 11.3 Å². The molecule has 1 fully saturated rings. The van der Waals surface area contributed by atoms with Gasteiger partial charge >= 0.3 is 0 Å². The first-order chi connectivity index (χ1) is 10.6. The van der Waals surface area contributed by atoms with Crippen LogP contribution in [0.3, 0.4) is 0 Å². The van der Waals surface area contributed by atoms with Crippen LogP contribution in [0, 0.1) is 0 Å². The van der Waals surface area contributed by atoms with E-state index in [0.717, 1.165) is 25.3 Å². The van der Waals surface area contributed by atoms with E-state index in [2.05, 4.69) is 14.7 Å². The molecule has 0 aliphatic carbocycles. The third-order valence-corrected chi connectivity index (χ3v) is 6.26. The van der Waals surface area contributed by atoms with E-state index in [1.807, 2.05) is 0 Å². The molecule has 1 N–H and O–H groups in total. The van der Waals surface area contributed by atoms with Gasteiger partial charge in [0.05, 0.1) is 18.8 Å². The molecular weight excluding hydrogens is 322 g/mol. The van der Waals surface area contributed by atoms with Crippen LogP contribution in [-0.4, -0.2) is 31.6 Å². The Hall–Kier alpha value is -1.35. The topological polar surface area (TPSA) is 81.2 Å². The van der Waals surface area contributed by atoms with E-state index >= 15 is 0 Å². The Labute approximate surface area is 133 Å². The molecule has 0 saturated carbocycles. The number of hydrogen-bond donors (Lipinski definition) is 1. The lowest BCUT2D eigenvalue weighted by molar-refractivity contribution is 0.0780. The Bertz CT molecular complexity index is 711. The standard InChI is InChI=1S/C14H17N3O3S2/c18-22(19,13-4-2-8-21-13)16-9-12-5-6-15-14(17-12)11-3-1-7-20-10-11/h2,4-6,8,11,16H,1,3,7,9-10H2. The molecule has 3 rings (SSSR count). The second kappa shape index (κ2) is 6.82. The number of thiophene rings is 1. The van der Waals surface area contributed by atoms with Crippen LogP contribution in [0.15, 0.2) is 34.0 Å². The highest BCUT2D eigenvalue weighted by atomic mass is 32.2. The summed E-state index contributed by atoms with van der Waals surface area (Å²) < 4.78 is 32.5. The average Bonchev–Trinajstić information content (AvgIpc) is 3.10. The van der Waals surface area contributed by atoms with Crippen LogP contribution in [0.1, 0.15) is 30.3 Å². The fraction of sp³-hybridized carbons (Fsp3) is 0.429. The summed E-state index contributed by atoms with van der Waals surface area (Å²) in [6.07, 6.45) is 3.68. The number of rotatable bonds is 5. The molecule has 1 aliphatic heterocycles. The molecule has 0 radical (unpaired) electrons. The van der Waals surface area contributed by atoms with Gasteiger partial charge in [-0.15, -0.1) is 11.3 Å². The second-order valence-electron chi connectivity index (χ2n) is 5.08. The first-order valence-electron chi connectivity index (χ1n) is 7.08. The summed E-state index contributed by atoms with van der Waals surface area (Å²) in [5.41, 5.74) is 0.663. The van der Waals surface area contributed by atoms with Gasteiger partial charge in [0.1, 0.15) is 10.0 Å². The summed E-state index contributed by atoms with van der Waals surface area (Å²) in [6.45, 7) is 1.57. The van der Waals surface area contributed by atoms with Crippen LogP contribution in [0.25, 0.3) is 0 Å². The molecule has 1 atom stereocenters. The largest absolute Gasteiger partial charge is 0.381 e. The van der Waals surface area contributed by atoms with Crippen molar-refractivity contribution < 1.29 is 13.2 Å². The lowest BCUT2D eigenvalue weighted by Gasteiger charge is -2.20. The van der Waals surface area contributed by atoms with E-state index in [0.29, 0.717) is 16.5 Å². The smallest absolute Gasteiger partial charge is 0.250 e. The van der Waals surface area contributed by atoms with Crippen molar-refractivity contribution in [3.63, 3.8) is 0 Å². The lowest BCUT2D eigenvalue weighted by atomic mass is 10.0. The quantitative estimate of drug-likeness (QED) is 0.900. The third-order valence-electron chi connectivity index (χ3n) is 3.46. The van der Waals surface area contributed by atoms with Gasteiger partial charge in [0.2, 0.25) is 10.0 Å². The predicted octanol–water partition coefficient (Wildman–Crippen LogP) is 1.91. The first kappa shape index (κ1) is 15.5. The first-order valence-corrected chi connectivity index (χ1v) is 9.44. The maximum atomic E-state index is 12.1. The van der Waals surface area contributed by atoms with Crippen molar-refractivity contribution >= 4 is 21.4 Å². The van der Waals surface area contributed by atoms with Crippen LogP contribution in [-0.2, 0) is 21.3 Å². The van der Waals surface area contributed by atoms with Gasteiger partial charge in [0.25, 0.3) is 0 Å². The molecular formula is C14H17N3O3S2. The van der Waals surface area contributed by atoms with Crippen molar-refractivity contribution in [2.24, 2.45) is 0 Å². The number of hydrogen-bond acceptors (Lipinski definition) is 6.